The van der Waals surface area contributed by atoms with Crippen LogP contribution in [-0.4, -0.2) is 42.8 Å². The van der Waals surface area contributed by atoms with Crippen molar-refractivity contribution in [1.82, 2.24) is 4.90 Å². The van der Waals surface area contributed by atoms with E-state index in [4.69, 9.17) is 10.8 Å². The third kappa shape index (κ3) is 3.28. The molecule has 1 fully saturated rings. The first-order valence-corrected chi connectivity index (χ1v) is 7.29. The third-order valence-corrected chi connectivity index (χ3v) is 4.78. The molecule has 1 aliphatic rings. The van der Waals surface area contributed by atoms with Gasteiger partial charge in [0.15, 0.2) is 0 Å². The maximum Gasteiger partial charge on any atom is 0.0558 e. The molecule has 0 aliphatic carbocycles. The average molecular weight is 254 g/mol. The SMILES string of the molecule is NCC(c1cccs1)C1CCN(CCO)CC1. The van der Waals surface area contributed by atoms with Gasteiger partial charge in [0.05, 0.1) is 6.61 Å². The van der Waals surface area contributed by atoms with Crippen LogP contribution in [0.25, 0.3) is 0 Å². The van der Waals surface area contributed by atoms with Crippen LogP contribution in [0.4, 0.5) is 0 Å². The minimum absolute atomic E-state index is 0.274. The van der Waals surface area contributed by atoms with E-state index < -0.39 is 0 Å². The number of aliphatic hydroxyl groups excluding tert-OH is 1. The number of aliphatic hydroxyl groups is 1. The van der Waals surface area contributed by atoms with Gasteiger partial charge in [0.25, 0.3) is 0 Å². The van der Waals surface area contributed by atoms with Crippen LogP contribution in [0.15, 0.2) is 17.5 Å². The summed E-state index contributed by atoms with van der Waals surface area (Å²) >= 11 is 1.83. The molecule has 0 amide bonds. The number of β-amino-alcohol motifs (C(OH)–C–C–N with tert-alkyl or cyclic N) is 1. The molecule has 3 nitrogen and oxygen atoms in total. The summed E-state index contributed by atoms with van der Waals surface area (Å²) in [6.45, 7) is 4.06. The van der Waals surface area contributed by atoms with Gasteiger partial charge in [0.2, 0.25) is 0 Å². The van der Waals surface area contributed by atoms with Crippen molar-refractivity contribution in [2.75, 3.05) is 32.8 Å². The molecule has 0 bridgehead atoms. The highest BCUT2D eigenvalue weighted by Gasteiger charge is 2.26. The van der Waals surface area contributed by atoms with Gasteiger partial charge in [-0.15, -0.1) is 11.3 Å². The number of nitrogens with two attached hydrogens (primary N) is 1. The van der Waals surface area contributed by atoms with E-state index in [1.807, 2.05) is 11.3 Å². The smallest absolute Gasteiger partial charge is 0.0558 e. The highest BCUT2D eigenvalue weighted by Crippen LogP contribution is 2.34. The number of piperidine rings is 1. The average Bonchev–Trinajstić information content (AvgIpc) is 2.86. The minimum Gasteiger partial charge on any atom is -0.395 e. The number of hydrogen-bond acceptors (Lipinski definition) is 4. The maximum absolute atomic E-state index is 8.93. The third-order valence-electron chi connectivity index (χ3n) is 3.78. The molecule has 0 radical (unpaired) electrons. The van der Waals surface area contributed by atoms with Gasteiger partial charge in [0.1, 0.15) is 0 Å². The Kier molecular flexibility index (Phi) is 4.98. The number of thiophene rings is 1. The monoisotopic (exact) mass is 254 g/mol. The molecular formula is C13H22N2OS. The fourth-order valence-electron chi connectivity index (χ4n) is 2.76. The van der Waals surface area contributed by atoms with Crippen LogP contribution >= 0.6 is 11.3 Å². The molecule has 96 valence electrons. The standard InChI is InChI=1S/C13H22N2OS/c14-10-12(13-2-1-9-17-13)11-3-5-15(6-4-11)7-8-16/h1-2,9,11-12,16H,3-8,10,14H2. The van der Waals surface area contributed by atoms with E-state index in [0.717, 1.165) is 26.2 Å². The molecule has 4 heteroatoms. The van der Waals surface area contributed by atoms with Crippen molar-refractivity contribution in [3.05, 3.63) is 22.4 Å². The Hall–Kier alpha value is -0.420. The van der Waals surface area contributed by atoms with Crippen molar-refractivity contribution in [2.45, 2.75) is 18.8 Å². The second kappa shape index (κ2) is 6.50. The van der Waals surface area contributed by atoms with E-state index in [-0.39, 0.29) is 6.61 Å². The van der Waals surface area contributed by atoms with Gasteiger partial charge in [-0.3, -0.25) is 0 Å². The molecule has 2 heterocycles. The molecular weight excluding hydrogens is 232 g/mol. The Morgan fingerprint density at radius 3 is 2.76 bits per heavy atom. The van der Waals surface area contributed by atoms with Gasteiger partial charge in [-0.1, -0.05) is 6.07 Å². The number of rotatable bonds is 5. The summed E-state index contributed by atoms with van der Waals surface area (Å²) in [6.07, 6.45) is 2.42. The maximum atomic E-state index is 8.93. The molecule has 1 atom stereocenters. The second-order valence-corrected chi connectivity index (χ2v) is 5.74. The van der Waals surface area contributed by atoms with Gasteiger partial charge in [-0.2, -0.15) is 0 Å². The Morgan fingerprint density at radius 1 is 1.47 bits per heavy atom. The first-order valence-electron chi connectivity index (χ1n) is 6.42. The lowest BCUT2D eigenvalue weighted by Crippen LogP contribution is -2.38. The molecule has 2 rings (SSSR count). The van der Waals surface area contributed by atoms with Gasteiger partial charge in [-0.05, 0) is 43.3 Å². The summed E-state index contributed by atoms with van der Waals surface area (Å²) in [5.74, 6) is 1.25. The van der Waals surface area contributed by atoms with E-state index in [9.17, 15) is 0 Å². The molecule has 1 aliphatic heterocycles. The normalized spacial score (nSPS) is 20.6. The quantitative estimate of drug-likeness (QED) is 0.837. The summed E-state index contributed by atoms with van der Waals surface area (Å²) in [5.41, 5.74) is 5.94. The van der Waals surface area contributed by atoms with Gasteiger partial charge in [-0.25, -0.2) is 0 Å². The second-order valence-electron chi connectivity index (χ2n) is 4.76. The highest BCUT2D eigenvalue weighted by molar-refractivity contribution is 7.10. The van der Waals surface area contributed by atoms with E-state index in [1.54, 1.807) is 0 Å². The van der Waals surface area contributed by atoms with E-state index >= 15 is 0 Å². The van der Waals surface area contributed by atoms with E-state index in [2.05, 4.69) is 22.4 Å². The molecule has 3 N–H and O–H groups in total. The fraction of sp³-hybridized carbons (Fsp3) is 0.692. The molecule has 1 saturated heterocycles. The van der Waals surface area contributed by atoms with Crippen LogP contribution in [0.3, 0.4) is 0 Å². The first-order chi connectivity index (χ1) is 8.35. The Labute approximate surface area is 107 Å². The lowest BCUT2D eigenvalue weighted by molar-refractivity contribution is 0.139. The molecule has 0 saturated carbocycles. The van der Waals surface area contributed by atoms with Gasteiger partial charge >= 0.3 is 0 Å². The van der Waals surface area contributed by atoms with Crippen molar-refractivity contribution in [3.63, 3.8) is 0 Å². The lowest BCUT2D eigenvalue weighted by atomic mass is 9.83. The van der Waals surface area contributed by atoms with Crippen LogP contribution in [0.1, 0.15) is 23.6 Å². The Balaban J connectivity index is 1.90. The Bertz CT molecular complexity index is 307. The minimum atomic E-state index is 0.274. The topological polar surface area (TPSA) is 49.5 Å². The summed E-state index contributed by atoms with van der Waals surface area (Å²) < 4.78 is 0. The summed E-state index contributed by atoms with van der Waals surface area (Å²) in [5, 5.41) is 11.1. The number of likely N-dealkylation sites (tertiary alicyclic amines) is 1. The van der Waals surface area contributed by atoms with E-state index in [1.165, 1.54) is 17.7 Å². The van der Waals surface area contributed by atoms with Crippen LogP contribution in [0, 0.1) is 5.92 Å². The zero-order valence-corrected chi connectivity index (χ0v) is 11.0. The lowest BCUT2D eigenvalue weighted by Gasteiger charge is -2.35. The van der Waals surface area contributed by atoms with Gasteiger partial charge < -0.3 is 15.7 Å². The van der Waals surface area contributed by atoms with Crippen molar-refractivity contribution >= 4 is 11.3 Å². The predicted molar refractivity (Wildman–Crippen MR) is 72.4 cm³/mol. The zero-order chi connectivity index (χ0) is 12.1. The Morgan fingerprint density at radius 2 is 2.24 bits per heavy atom. The van der Waals surface area contributed by atoms with Gasteiger partial charge in [0, 0.05) is 23.9 Å². The molecule has 1 aromatic heterocycles. The molecule has 0 spiro atoms. The summed E-state index contributed by atoms with van der Waals surface area (Å²) in [4.78, 5) is 3.78. The highest BCUT2D eigenvalue weighted by atomic mass is 32.1. The number of nitrogens with zero attached hydrogens (tertiary/aromatic N) is 1. The van der Waals surface area contributed by atoms with E-state index in [0.29, 0.717) is 11.8 Å². The summed E-state index contributed by atoms with van der Waals surface area (Å²) in [7, 11) is 0. The van der Waals surface area contributed by atoms with Crippen LogP contribution in [0.5, 0.6) is 0 Å². The van der Waals surface area contributed by atoms with Crippen molar-refractivity contribution in [1.29, 1.82) is 0 Å². The van der Waals surface area contributed by atoms with Crippen molar-refractivity contribution in [3.8, 4) is 0 Å². The van der Waals surface area contributed by atoms with Crippen LogP contribution in [-0.2, 0) is 0 Å². The first kappa shape index (κ1) is 13.0. The number of hydrogen-bond donors (Lipinski definition) is 2. The molecule has 1 unspecified atom stereocenters. The molecule has 17 heavy (non-hydrogen) atoms. The van der Waals surface area contributed by atoms with Crippen LogP contribution < -0.4 is 5.73 Å². The summed E-state index contributed by atoms with van der Waals surface area (Å²) in [6, 6.07) is 4.33. The van der Waals surface area contributed by atoms with Crippen molar-refractivity contribution in [2.24, 2.45) is 11.7 Å². The van der Waals surface area contributed by atoms with Crippen molar-refractivity contribution < 1.29 is 5.11 Å². The molecule has 1 aromatic rings. The van der Waals surface area contributed by atoms with Crippen LogP contribution in [0.2, 0.25) is 0 Å². The molecule has 0 aromatic carbocycles. The zero-order valence-electron chi connectivity index (χ0n) is 10.2. The largest absolute Gasteiger partial charge is 0.395 e. The predicted octanol–water partition coefficient (Wildman–Crippen LogP) is 1.49. The fourth-order valence-corrected chi connectivity index (χ4v) is 3.70.